The van der Waals surface area contributed by atoms with Crippen LogP contribution in [0.15, 0.2) is 54.6 Å². The molecule has 0 bridgehead atoms. The molecule has 1 heterocycles. The lowest BCUT2D eigenvalue weighted by Crippen LogP contribution is -2.20. The summed E-state index contributed by atoms with van der Waals surface area (Å²) in [6, 6.07) is 18.3. The van der Waals surface area contributed by atoms with Gasteiger partial charge in [0.1, 0.15) is 9.88 Å². The Morgan fingerprint density at radius 1 is 1.00 bits per heavy atom. The van der Waals surface area contributed by atoms with Gasteiger partial charge in [0.2, 0.25) is 0 Å². The van der Waals surface area contributed by atoms with E-state index in [0.29, 0.717) is 5.88 Å². The fraction of sp³-hybridized carbons (Fsp3) is 0.235. The molecule has 0 amide bonds. The summed E-state index contributed by atoms with van der Waals surface area (Å²) in [6.45, 7) is 0. The topological polar surface area (TPSA) is 12.9 Å². The third-order valence-electron chi connectivity index (χ3n) is 3.52. The van der Waals surface area contributed by atoms with Gasteiger partial charge < -0.3 is 0 Å². The van der Waals surface area contributed by atoms with Crippen LogP contribution < -0.4 is 0 Å². The van der Waals surface area contributed by atoms with Gasteiger partial charge in [0.05, 0.1) is 10.2 Å². The Kier molecular flexibility index (Phi) is 4.48. The molecule has 0 spiro atoms. The van der Waals surface area contributed by atoms with Gasteiger partial charge in [-0.05, 0) is 30.5 Å². The molecule has 0 radical (unpaired) electrons. The van der Waals surface area contributed by atoms with Crippen LogP contribution in [0.5, 0.6) is 0 Å². The molecular formula is C17H15Cl2NS. The smallest absolute Gasteiger partial charge is 0.121 e. The predicted octanol–water partition coefficient (Wildman–Crippen LogP) is 5.80. The molecule has 4 heteroatoms. The Morgan fingerprint density at radius 2 is 1.71 bits per heavy atom. The van der Waals surface area contributed by atoms with Gasteiger partial charge in [0.15, 0.2) is 0 Å². The summed E-state index contributed by atoms with van der Waals surface area (Å²) in [6.07, 6.45) is 1.64. The maximum absolute atomic E-state index is 7.03. The Bertz CT molecular complexity index is 693. The first-order valence-corrected chi connectivity index (χ1v) is 8.63. The number of alkyl halides is 2. The van der Waals surface area contributed by atoms with Gasteiger partial charge in [0, 0.05) is 5.88 Å². The Balaban J connectivity index is 2.10. The molecular weight excluding hydrogens is 321 g/mol. The normalized spacial score (nSPS) is 14.2. The summed E-state index contributed by atoms with van der Waals surface area (Å²) in [7, 11) is 0. The molecule has 1 aromatic heterocycles. The van der Waals surface area contributed by atoms with Crippen molar-refractivity contribution < 1.29 is 0 Å². The summed E-state index contributed by atoms with van der Waals surface area (Å²) in [4.78, 5) is 4.16. The number of thiazole rings is 1. The third-order valence-corrected chi connectivity index (χ3v) is 5.68. The number of hydrogen-bond acceptors (Lipinski definition) is 2. The second kappa shape index (κ2) is 6.35. The molecule has 0 saturated heterocycles. The zero-order chi connectivity index (χ0) is 14.7. The van der Waals surface area contributed by atoms with Gasteiger partial charge in [-0.25, -0.2) is 4.98 Å². The van der Waals surface area contributed by atoms with E-state index in [9.17, 15) is 0 Å². The molecule has 21 heavy (non-hydrogen) atoms. The van der Waals surface area contributed by atoms with Crippen molar-refractivity contribution in [2.75, 3.05) is 5.88 Å². The van der Waals surface area contributed by atoms with Crippen LogP contribution in [-0.4, -0.2) is 10.9 Å². The van der Waals surface area contributed by atoms with Crippen LogP contribution in [0.3, 0.4) is 0 Å². The first kappa shape index (κ1) is 14.8. The summed E-state index contributed by atoms with van der Waals surface area (Å²) in [5.74, 6) is 0.603. The standard InChI is InChI=1S/C17H15Cl2NS/c18-12-6-11-17(19,13-7-2-1-3-8-13)16-20-14-9-4-5-10-15(14)21-16/h1-5,7-10H,6,11-12H2. The third kappa shape index (κ3) is 2.94. The average molecular weight is 336 g/mol. The molecule has 108 valence electrons. The van der Waals surface area contributed by atoms with E-state index < -0.39 is 4.87 Å². The van der Waals surface area contributed by atoms with E-state index in [4.69, 9.17) is 28.2 Å². The molecule has 3 aromatic rings. The number of hydrogen-bond donors (Lipinski definition) is 0. The number of aromatic nitrogens is 1. The highest BCUT2D eigenvalue weighted by Crippen LogP contribution is 2.43. The number of nitrogens with zero attached hydrogens (tertiary/aromatic N) is 1. The fourth-order valence-electron chi connectivity index (χ4n) is 2.43. The van der Waals surface area contributed by atoms with Crippen molar-refractivity contribution in [2.24, 2.45) is 0 Å². The lowest BCUT2D eigenvalue weighted by Gasteiger charge is -2.25. The van der Waals surface area contributed by atoms with E-state index in [1.807, 2.05) is 36.4 Å². The van der Waals surface area contributed by atoms with E-state index in [0.717, 1.165) is 28.9 Å². The Morgan fingerprint density at radius 3 is 2.43 bits per heavy atom. The SMILES string of the molecule is ClCCCC(Cl)(c1ccccc1)c1nc2ccccc2s1. The van der Waals surface area contributed by atoms with Crippen molar-refractivity contribution in [2.45, 2.75) is 17.7 Å². The van der Waals surface area contributed by atoms with Crippen molar-refractivity contribution in [3.8, 4) is 0 Å². The molecule has 1 atom stereocenters. The van der Waals surface area contributed by atoms with E-state index in [1.165, 1.54) is 4.70 Å². The molecule has 3 rings (SSSR count). The second-order valence-corrected chi connectivity index (χ2v) is 7.00. The van der Waals surface area contributed by atoms with Crippen molar-refractivity contribution in [3.63, 3.8) is 0 Å². The average Bonchev–Trinajstić information content (AvgIpc) is 2.98. The first-order chi connectivity index (χ1) is 10.2. The van der Waals surface area contributed by atoms with Crippen LogP contribution in [0.1, 0.15) is 23.4 Å². The Hall–Kier alpha value is -1.09. The number of para-hydroxylation sites is 1. The lowest BCUT2D eigenvalue weighted by molar-refractivity contribution is 0.633. The van der Waals surface area contributed by atoms with Crippen molar-refractivity contribution in [1.29, 1.82) is 0 Å². The molecule has 0 aliphatic rings. The molecule has 2 aromatic carbocycles. The molecule has 0 aliphatic heterocycles. The monoisotopic (exact) mass is 335 g/mol. The predicted molar refractivity (Wildman–Crippen MR) is 92.6 cm³/mol. The number of benzene rings is 2. The van der Waals surface area contributed by atoms with E-state index in [2.05, 4.69) is 18.2 Å². The van der Waals surface area contributed by atoms with Crippen LogP contribution in [-0.2, 0) is 4.87 Å². The second-order valence-electron chi connectivity index (χ2n) is 4.95. The minimum atomic E-state index is -0.597. The van der Waals surface area contributed by atoms with Gasteiger partial charge in [-0.2, -0.15) is 0 Å². The largest absolute Gasteiger partial charge is 0.239 e. The van der Waals surface area contributed by atoms with Crippen LogP contribution in [0.25, 0.3) is 10.2 Å². The molecule has 0 saturated carbocycles. The summed E-state index contributed by atoms with van der Waals surface area (Å²) < 4.78 is 1.17. The van der Waals surface area contributed by atoms with Gasteiger partial charge in [-0.15, -0.1) is 34.5 Å². The van der Waals surface area contributed by atoms with E-state index in [-0.39, 0.29) is 0 Å². The van der Waals surface area contributed by atoms with Crippen LogP contribution in [0.4, 0.5) is 0 Å². The first-order valence-electron chi connectivity index (χ1n) is 6.90. The van der Waals surface area contributed by atoms with Crippen LogP contribution >= 0.6 is 34.5 Å². The summed E-state index contributed by atoms with van der Waals surface area (Å²) in [5.41, 5.74) is 2.08. The van der Waals surface area contributed by atoms with Crippen molar-refractivity contribution in [1.82, 2.24) is 4.98 Å². The molecule has 1 nitrogen and oxygen atoms in total. The highest BCUT2D eigenvalue weighted by atomic mass is 35.5. The summed E-state index contributed by atoms with van der Waals surface area (Å²) in [5, 5.41) is 0.946. The zero-order valence-electron chi connectivity index (χ0n) is 11.4. The molecule has 0 N–H and O–H groups in total. The molecule has 0 fully saturated rings. The van der Waals surface area contributed by atoms with Crippen LogP contribution in [0.2, 0.25) is 0 Å². The quantitative estimate of drug-likeness (QED) is 0.537. The fourth-order valence-corrected chi connectivity index (χ4v) is 4.08. The van der Waals surface area contributed by atoms with Gasteiger partial charge >= 0.3 is 0 Å². The Labute approximate surface area is 138 Å². The minimum Gasteiger partial charge on any atom is -0.239 e. The van der Waals surface area contributed by atoms with Gasteiger partial charge in [0.25, 0.3) is 0 Å². The number of rotatable bonds is 5. The van der Waals surface area contributed by atoms with Gasteiger partial charge in [-0.1, -0.05) is 42.5 Å². The van der Waals surface area contributed by atoms with Crippen molar-refractivity contribution >= 4 is 44.8 Å². The van der Waals surface area contributed by atoms with Gasteiger partial charge in [-0.3, -0.25) is 0 Å². The van der Waals surface area contributed by atoms with Crippen molar-refractivity contribution in [3.05, 3.63) is 65.2 Å². The highest BCUT2D eigenvalue weighted by Gasteiger charge is 2.34. The highest BCUT2D eigenvalue weighted by molar-refractivity contribution is 7.19. The minimum absolute atomic E-state index is 0.597. The molecule has 1 unspecified atom stereocenters. The van der Waals surface area contributed by atoms with Crippen LogP contribution in [0, 0.1) is 0 Å². The summed E-state index contributed by atoms with van der Waals surface area (Å²) >= 11 is 14.6. The number of halogens is 2. The maximum atomic E-state index is 7.03. The lowest BCUT2D eigenvalue weighted by atomic mass is 9.94. The zero-order valence-corrected chi connectivity index (χ0v) is 13.8. The number of fused-ring (bicyclic) bond motifs is 1. The maximum Gasteiger partial charge on any atom is 0.121 e. The van der Waals surface area contributed by atoms with E-state index in [1.54, 1.807) is 11.3 Å². The molecule has 0 aliphatic carbocycles. The van der Waals surface area contributed by atoms with E-state index >= 15 is 0 Å².